The van der Waals surface area contributed by atoms with Gasteiger partial charge in [0.2, 0.25) is 0 Å². The minimum atomic E-state index is -3.99. The molecule has 0 aromatic heterocycles. The standard InChI is InChI=1S/C27H43Cl2O4P/c1-16(2)21-10-7-18(5)13-25(21)32-34(31,27(30)23-12-9-20(28)15-24(23)29)33-26-14-19(6)8-11-22(26)17(3)4/h9,12,15-19,21-22,25-27,30H,7-8,10-11,13-14H2,1-6H3/t18-,19+,21+,22-,25-,26-,27+,34?/m1/s1. The molecule has 0 amide bonds. The van der Waals surface area contributed by atoms with Gasteiger partial charge in [0.1, 0.15) is 0 Å². The van der Waals surface area contributed by atoms with E-state index in [2.05, 4.69) is 41.5 Å². The Bertz CT molecular complexity index is 823. The number of hydrogen-bond donors (Lipinski definition) is 1. The third-order valence-electron chi connectivity index (χ3n) is 8.03. The minimum absolute atomic E-state index is 0.228. The van der Waals surface area contributed by atoms with Crippen molar-refractivity contribution in [1.82, 2.24) is 0 Å². The molecule has 4 nitrogen and oxygen atoms in total. The second-order valence-electron chi connectivity index (χ2n) is 11.5. The van der Waals surface area contributed by atoms with Crippen molar-refractivity contribution in [3.8, 4) is 0 Å². The third kappa shape index (κ3) is 6.81. The summed E-state index contributed by atoms with van der Waals surface area (Å²) >= 11 is 12.5. The van der Waals surface area contributed by atoms with E-state index in [0.717, 1.165) is 38.5 Å². The molecule has 1 N–H and O–H groups in total. The molecular formula is C27H43Cl2O4P. The molecule has 0 spiro atoms. The molecule has 194 valence electrons. The van der Waals surface area contributed by atoms with Crippen molar-refractivity contribution < 1.29 is 18.7 Å². The first-order chi connectivity index (χ1) is 15.9. The molecular weight excluding hydrogens is 490 g/mol. The smallest absolute Gasteiger partial charge is 0.364 e. The first-order valence-electron chi connectivity index (χ1n) is 13.0. The van der Waals surface area contributed by atoms with E-state index < -0.39 is 13.4 Å². The van der Waals surface area contributed by atoms with Crippen LogP contribution >= 0.6 is 30.8 Å². The van der Waals surface area contributed by atoms with E-state index in [1.165, 1.54) is 0 Å². The molecule has 0 radical (unpaired) electrons. The zero-order valence-corrected chi connectivity index (χ0v) is 24.0. The van der Waals surface area contributed by atoms with Crippen LogP contribution < -0.4 is 0 Å². The van der Waals surface area contributed by atoms with Crippen LogP contribution in [0.2, 0.25) is 10.0 Å². The summed E-state index contributed by atoms with van der Waals surface area (Å²) in [4.78, 5) is 0. The van der Waals surface area contributed by atoms with Crippen molar-refractivity contribution in [2.24, 2.45) is 35.5 Å². The van der Waals surface area contributed by atoms with Gasteiger partial charge in [-0.05, 0) is 73.3 Å². The molecule has 0 saturated heterocycles. The summed E-state index contributed by atoms with van der Waals surface area (Å²) in [7, 11) is -3.99. The van der Waals surface area contributed by atoms with Gasteiger partial charge in [-0.1, -0.05) is 83.7 Å². The van der Waals surface area contributed by atoms with Gasteiger partial charge in [-0.25, -0.2) is 0 Å². The number of benzene rings is 1. The fourth-order valence-electron chi connectivity index (χ4n) is 5.87. The van der Waals surface area contributed by atoms with Crippen LogP contribution in [0.25, 0.3) is 0 Å². The van der Waals surface area contributed by atoms with Crippen LogP contribution in [0.5, 0.6) is 0 Å². The second-order valence-corrected chi connectivity index (χ2v) is 14.4. The zero-order chi connectivity index (χ0) is 25.2. The van der Waals surface area contributed by atoms with E-state index in [-0.39, 0.29) is 29.1 Å². The number of rotatable bonds is 8. The Labute approximate surface area is 216 Å². The fraction of sp³-hybridized carbons (Fsp3) is 0.778. The Morgan fingerprint density at radius 1 is 0.882 bits per heavy atom. The summed E-state index contributed by atoms with van der Waals surface area (Å²) in [6.45, 7) is 13.2. The van der Waals surface area contributed by atoms with Crippen LogP contribution in [0.3, 0.4) is 0 Å². The van der Waals surface area contributed by atoms with Gasteiger partial charge in [0.15, 0.2) is 5.85 Å². The van der Waals surface area contributed by atoms with E-state index in [1.807, 2.05) is 0 Å². The number of aliphatic hydroxyl groups excluding tert-OH is 1. The highest BCUT2D eigenvalue weighted by Crippen LogP contribution is 2.65. The van der Waals surface area contributed by atoms with Crippen LogP contribution in [0.1, 0.15) is 91.5 Å². The molecule has 0 aliphatic heterocycles. The minimum Gasteiger partial charge on any atom is -0.376 e. The van der Waals surface area contributed by atoms with Crippen LogP contribution in [-0.2, 0) is 13.6 Å². The predicted molar refractivity (Wildman–Crippen MR) is 141 cm³/mol. The molecule has 0 bridgehead atoms. The quantitative estimate of drug-likeness (QED) is 0.339. The first-order valence-corrected chi connectivity index (χ1v) is 15.4. The number of halogens is 2. The Kier molecular flexibility index (Phi) is 10.0. The summed E-state index contributed by atoms with van der Waals surface area (Å²) < 4.78 is 27.6. The van der Waals surface area contributed by atoms with E-state index in [4.69, 9.17) is 32.2 Å². The maximum atomic E-state index is 14.7. The third-order valence-corrected chi connectivity index (χ3v) is 10.6. The average Bonchev–Trinajstić information content (AvgIpc) is 2.73. The topological polar surface area (TPSA) is 55.8 Å². The van der Waals surface area contributed by atoms with Crippen molar-refractivity contribution in [3.63, 3.8) is 0 Å². The molecule has 3 rings (SSSR count). The lowest BCUT2D eigenvalue weighted by molar-refractivity contribution is -0.0153. The van der Waals surface area contributed by atoms with Crippen molar-refractivity contribution in [1.29, 1.82) is 0 Å². The van der Waals surface area contributed by atoms with E-state index in [0.29, 0.717) is 34.3 Å². The number of hydrogen-bond acceptors (Lipinski definition) is 4. The predicted octanol–water partition coefficient (Wildman–Crippen LogP) is 9.13. The van der Waals surface area contributed by atoms with Gasteiger partial charge >= 0.3 is 7.60 Å². The van der Waals surface area contributed by atoms with Gasteiger partial charge < -0.3 is 14.2 Å². The maximum Gasteiger partial charge on any atom is 0.364 e. The first kappa shape index (κ1) is 28.5. The monoisotopic (exact) mass is 532 g/mol. The highest BCUT2D eigenvalue weighted by atomic mass is 35.5. The van der Waals surface area contributed by atoms with Crippen molar-refractivity contribution in [3.05, 3.63) is 33.8 Å². The van der Waals surface area contributed by atoms with Gasteiger partial charge in [0, 0.05) is 15.6 Å². The number of aliphatic hydroxyl groups is 1. The highest BCUT2D eigenvalue weighted by Gasteiger charge is 2.46. The largest absolute Gasteiger partial charge is 0.376 e. The summed E-state index contributed by atoms with van der Waals surface area (Å²) in [5.41, 5.74) is 0.337. The highest BCUT2D eigenvalue weighted by molar-refractivity contribution is 7.54. The van der Waals surface area contributed by atoms with Crippen LogP contribution in [0, 0.1) is 35.5 Å². The molecule has 2 aliphatic carbocycles. The molecule has 1 unspecified atom stereocenters. The molecule has 2 aliphatic rings. The van der Waals surface area contributed by atoms with E-state index in [9.17, 15) is 9.67 Å². The van der Waals surface area contributed by atoms with Crippen molar-refractivity contribution in [2.75, 3.05) is 0 Å². The second kappa shape index (κ2) is 12.0. The SMILES string of the molecule is CC(C)[C@H]1CC[C@H](C)C[C@H]1OP(=O)(O[C@@H]1C[C@H](C)CC[C@H]1C(C)C)[C@H](O)c1ccc(Cl)cc1Cl. The van der Waals surface area contributed by atoms with Crippen LogP contribution in [-0.4, -0.2) is 17.3 Å². The molecule has 2 saturated carbocycles. The van der Waals surface area contributed by atoms with Gasteiger partial charge in [-0.2, -0.15) is 0 Å². The summed E-state index contributed by atoms with van der Waals surface area (Å²) in [6, 6.07) is 4.84. The van der Waals surface area contributed by atoms with Gasteiger partial charge in [0.25, 0.3) is 0 Å². The zero-order valence-electron chi connectivity index (χ0n) is 21.5. The molecule has 7 heteroatoms. The van der Waals surface area contributed by atoms with Crippen molar-refractivity contribution >= 4 is 30.8 Å². The summed E-state index contributed by atoms with van der Waals surface area (Å²) in [6.07, 6.45) is 5.48. The Balaban J connectivity index is 1.98. The molecule has 1 aromatic carbocycles. The van der Waals surface area contributed by atoms with E-state index >= 15 is 0 Å². The van der Waals surface area contributed by atoms with Gasteiger partial charge in [0.05, 0.1) is 12.2 Å². The summed E-state index contributed by atoms with van der Waals surface area (Å²) in [5.74, 6) is 0.804. The van der Waals surface area contributed by atoms with Crippen molar-refractivity contribution in [2.45, 2.75) is 98.1 Å². The van der Waals surface area contributed by atoms with Gasteiger partial charge in [-0.3, -0.25) is 4.57 Å². The summed E-state index contributed by atoms with van der Waals surface area (Å²) in [5, 5.41) is 12.2. The molecule has 2 fully saturated rings. The van der Waals surface area contributed by atoms with E-state index in [1.54, 1.807) is 18.2 Å². The Hall–Kier alpha value is -0.0900. The maximum absolute atomic E-state index is 14.7. The lowest BCUT2D eigenvalue weighted by Gasteiger charge is -2.42. The average molecular weight is 534 g/mol. The molecule has 1 aromatic rings. The molecule has 34 heavy (non-hydrogen) atoms. The van der Waals surface area contributed by atoms with Gasteiger partial charge in [-0.15, -0.1) is 0 Å². The normalized spacial score (nSPS) is 33.1. The lowest BCUT2D eigenvalue weighted by atomic mass is 9.75. The lowest BCUT2D eigenvalue weighted by Crippen LogP contribution is -2.37. The fourth-order valence-corrected chi connectivity index (χ4v) is 8.54. The molecule has 8 atom stereocenters. The Morgan fingerprint density at radius 2 is 1.35 bits per heavy atom. The van der Waals surface area contributed by atoms with Crippen LogP contribution in [0.4, 0.5) is 0 Å². The van der Waals surface area contributed by atoms with Crippen LogP contribution in [0.15, 0.2) is 18.2 Å². The Morgan fingerprint density at radius 3 is 1.76 bits per heavy atom. The molecule has 0 heterocycles.